The van der Waals surface area contributed by atoms with E-state index < -0.39 is 18.5 Å². The van der Waals surface area contributed by atoms with Gasteiger partial charge in [0.1, 0.15) is 11.9 Å². The molecule has 1 unspecified atom stereocenters. The SMILES string of the molecule is CC(CCCCC(=O)C(C)C)O[C@@H]1O[C@@H](C)[C@H](O)C[C@H]1O. The zero-order valence-corrected chi connectivity index (χ0v) is 13.6. The fraction of sp³-hybridized carbons (Fsp3) is 0.938. The molecule has 124 valence electrons. The van der Waals surface area contributed by atoms with Crippen molar-refractivity contribution in [2.24, 2.45) is 5.92 Å². The quantitative estimate of drug-likeness (QED) is 0.671. The molecule has 5 atom stereocenters. The van der Waals surface area contributed by atoms with Gasteiger partial charge in [-0.1, -0.05) is 20.3 Å². The normalized spacial score (nSPS) is 31.4. The number of carbonyl (C=O) groups is 1. The summed E-state index contributed by atoms with van der Waals surface area (Å²) in [5, 5.41) is 19.5. The largest absolute Gasteiger partial charge is 0.390 e. The van der Waals surface area contributed by atoms with Crippen molar-refractivity contribution in [1.29, 1.82) is 0 Å². The number of unbranched alkanes of at least 4 members (excludes halogenated alkanes) is 1. The molecular formula is C16H30O5. The van der Waals surface area contributed by atoms with Crippen molar-refractivity contribution >= 4 is 5.78 Å². The van der Waals surface area contributed by atoms with Crippen LogP contribution in [-0.4, -0.2) is 46.7 Å². The molecule has 5 heteroatoms. The van der Waals surface area contributed by atoms with Gasteiger partial charge in [-0.2, -0.15) is 0 Å². The molecule has 5 nitrogen and oxygen atoms in total. The van der Waals surface area contributed by atoms with Crippen LogP contribution in [0.5, 0.6) is 0 Å². The lowest BCUT2D eigenvalue weighted by atomic mass is 10.0. The van der Waals surface area contributed by atoms with Crippen molar-refractivity contribution in [2.45, 2.75) is 90.5 Å². The zero-order valence-electron chi connectivity index (χ0n) is 13.6. The second-order valence-corrected chi connectivity index (χ2v) is 6.39. The molecule has 0 aromatic carbocycles. The van der Waals surface area contributed by atoms with Crippen LogP contribution in [0.2, 0.25) is 0 Å². The number of hydrogen-bond acceptors (Lipinski definition) is 5. The highest BCUT2D eigenvalue weighted by molar-refractivity contribution is 5.80. The molecule has 1 aliphatic rings. The Labute approximate surface area is 127 Å². The van der Waals surface area contributed by atoms with Crippen LogP contribution < -0.4 is 0 Å². The van der Waals surface area contributed by atoms with E-state index >= 15 is 0 Å². The smallest absolute Gasteiger partial charge is 0.184 e. The highest BCUT2D eigenvalue weighted by Gasteiger charge is 2.35. The average molecular weight is 302 g/mol. The van der Waals surface area contributed by atoms with Gasteiger partial charge in [0.2, 0.25) is 0 Å². The van der Waals surface area contributed by atoms with E-state index in [0.29, 0.717) is 12.2 Å². The van der Waals surface area contributed by atoms with E-state index in [4.69, 9.17) is 9.47 Å². The predicted molar refractivity (Wildman–Crippen MR) is 79.8 cm³/mol. The molecule has 1 saturated heterocycles. The van der Waals surface area contributed by atoms with Gasteiger partial charge in [0, 0.05) is 18.8 Å². The number of ether oxygens (including phenoxy) is 2. The Morgan fingerprint density at radius 2 is 1.90 bits per heavy atom. The summed E-state index contributed by atoms with van der Waals surface area (Å²) in [6, 6.07) is 0. The van der Waals surface area contributed by atoms with Crippen molar-refractivity contribution in [3.8, 4) is 0 Å². The van der Waals surface area contributed by atoms with Crippen molar-refractivity contribution in [2.75, 3.05) is 0 Å². The molecule has 0 aromatic rings. The zero-order chi connectivity index (χ0) is 16.0. The molecule has 0 radical (unpaired) electrons. The fourth-order valence-electron chi connectivity index (χ4n) is 2.38. The predicted octanol–water partition coefficient (Wildman–Crippen LogP) is 2.03. The molecule has 1 heterocycles. The minimum atomic E-state index is -0.791. The molecule has 0 aliphatic carbocycles. The molecular weight excluding hydrogens is 272 g/mol. The van der Waals surface area contributed by atoms with Gasteiger partial charge < -0.3 is 19.7 Å². The van der Waals surface area contributed by atoms with E-state index in [1.165, 1.54) is 0 Å². The van der Waals surface area contributed by atoms with E-state index in [1.54, 1.807) is 6.92 Å². The summed E-state index contributed by atoms with van der Waals surface area (Å²) in [6.07, 6.45) is 1.05. The second-order valence-electron chi connectivity index (χ2n) is 6.39. The number of aliphatic hydroxyl groups excluding tert-OH is 2. The van der Waals surface area contributed by atoms with E-state index in [9.17, 15) is 15.0 Å². The van der Waals surface area contributed by atoms with Crippen LogP contribution in [-0.2, 0) is 14.3 Å². The van der Waals surface area contributed by atoms with Gasteiger partial charge in [-0.3, -0.25) is 4.79 Å². The summed E-state index contributed by atoms with van der Waals surface area (Å²) in [6.45, 7) is 7.56. The number of ketones is 1. The van der Waals surface area contributed by atoms with E-state index in [0.717, 1.165) is 19.3 Å². The summed E-state index contributed by atoms with van der Waals surface area (Å²) in [5.41, 5.74) is 0. The van der Waals surface area contributed by atoms with Crippen molar-refractivity contribution < 1.29 is 24.5 Å². The van der Waals surface area contributed by atoms with Gasteiger partial charge in [-0.25, -0.2) is 0 Å². The maximum atomic E-state index is 11.5. The van der Waals surface area contributed by atoms with Crippen LogP contribution >= 0.6 is 0 Å². The monoisotopic (exact) mass is 302 g/mol. The van der Waals surface area contributed by atoms with Crippen molar-refractivity contribution in [3.05, 3.63) is 0 Å². The van der Waals surface area contributed by atoms with Gasteiger partial charge in [-0.05, 0) is 26.7 Å². The van der Waals surface area contributed by atoms with Crippen LogP contribution in [0.15, 0.2) is 0 Å². The first-order valence-corrected chi connectivity index (χ1v) is 8.01. The Balaban J connectivity index is 2.21. The summed E-state index contributed by atoms with van der Waals surface area (Å²) in [4.78, 5) is 11.5. The minimum Gasteiger partial charge on any atom is -0.390 e. The highest BCUT2D eigenvalue weighted by Crippen LogP contribution is 2.23. The molecule has 1 fully saturated rings. The summed E-state index contributed by atoms with van der Waals surface area (Å²) >= 11 is 0. The van der Waals surface area contributed by atoms with Gasteiger partial charge in [0.05, 0.1) is 18.3 Å². The van der Waals surface area contributed by atoms with Crippen LogP contribution in [0.25, 0.3) is 0 Å². The molecule has 21 heavy (non-hydrogen) atoms. The average Bonchev–Trinajstić information content (AvgIpc) is 2.40. The van der Waals surface area contributed by atoms with Crippen LogP contribution in [0.3, 0.4) is 0 Å². The lowest BCUT2D eigenvalue weighted by molar-refractivity contribution is -0.273. The topological polar surface area (TPSA) is 76.0 Å². The third kappa shape index (κ3) is 6.43. The summed E-state index contributed by atoms with van der Waals surface area (Å²) in [5.74, 6) is 0.412. The third-order valence-corrected chi connectivity index (χ3v) is 3.98. The maximum Gasteiger partial charge on any atom is 0.184 e. The van der Waals surface area contributed by atoms with Crippen LogP contribution in [0, 0.1) is 5.92 Å². The number of rotatable bonds is 8. The number of Topliss-reactive ketones (excluding diaryl/α,β-unsaturated/α-hetero) is 1. The fourth-order valence-corrected chi connectivity index (χ4v) is 2.38. The van der Waals surface area contributed by atoms with Gasteiger partial charge in [0.15, 0.2) is 6.29 Å². The molecule has 0 bridgehead atoms. The number of hydrogen-bond donors (Lipinski definition) is 2. The maximum absolute atomic E-state index is 11.5. The first kappa shape index (κ1) is 18.6. The lowest BCUT2D eigenvalue weighted by Gasteiger charge is -2.36. The molecule has 0 saturated carbocycles. The standard InChI is InChI=1S/C16H30O5/c1-10(2)13(17)8-6-5-7-11(3)20-16-15(19)9-14(18)12(4)21-16/h10-12,14-16,18-19H,5-9H2,1-4H3/t11?,12-,14+,15+,16+/m0/s1. The second kappa shape index (κ2) is 8.83. The minimum absolute atomic E-state index is 0.0405. The third-order valence-electron chi connectivity index (χ3n) is 3.98. The molecule has 0 spiro atoms. The van der Waals surface area contributed by atoms with Crippen molar-refractivity contribution in [1.82, 2.24) is 0 Å². The van der Waals surface area contributed by atoms with E-state index in [-0.39, 0.29) is 24.5 Å². The molecule has 1 rings (SSSR count). The molecule has 0 amide bonds. The van der Waals surface area contributed by atoms with E-state index in [1.807, 2.05) is 20.8 Å². The van der Waals surface area contributed by atoms with Crippen molar-refractivity contribution in [3.63, 3.8) is 0 Å². The molecule has 2 N–H and O–H groups in total. The lowest BCUT2D eigenvalue weighted by Crippen LogP contribution is -2.48. The Kier molecular flexibility index (Phi) is 7.81. The Morgan fingerprint density at radius 3 is 2.52 bits per heavy atom. The van der Waals surface area contributed by atoms with Gasteiger partial charge >= 0.3 is 0 Å². The molecule has 1 aliphatic heterocycles. The first-order chi connectivity index (χ1) is 9.81. The molecule has 0 aromatic heterocycles. The van der Waals surface area contributed by atoms with Gasteiger partial charge in [-0.15, -0.1) is 0 Å². The first-order valence-electron chi connectivity index (χ1n) is 8.01. The summed E-state index contributed by atoms with van der Waals surface area (Å²) in [7, 11) is 0. The summed E-state index contributed by atoms with van der Waals surface area (Å²) < 4.78 is 11.2. The Hall–Kier alpha value is -0.490. The highest BCUT2D eigenvalue weighted by atomic mass is 16.7. The van der Waals surface area contributed by atoms with Gasteiger partial charge in [0.25, 0.3) is 0 Å². The van der Waals surface area contributed by atoms with E-state index in [2.05, 4.69) is 0 Å². The number of aliphatic hydroxyl groups is 2. The number of carbonyl (C=O) groups excluding carboxylic acids is 1. The Bertz CT molecular complexity index is 318. The Morgan fingerprint density at radius 1 is 1.24 bits per heavy atom. The van der Waals surface area contributed by atoms with Crippen LogP contribution in [0.4, 0.5) is 0 Å². The van der Waals surface area contributed by atoms with Crippen LogP contribution in [0.1, 0.15) is 59.8 Å².